The molecule has 2 N–H and O–H groups in total. The van der Waals surface area contributed by atoms with E-state index in [4.69, 9.17) is 14.5 Å². The molecule has 1 aromatic rings. The van der Waals surface area contributed by atoms with Crippen LogP contribution in [0.1, 0.15) is 51.9 Å². The molecule has 0 spiro atoms. The number of aliphatic imine (C=N–C) groups is 1. The third kappa shape index (κ3) is 8.13. The van der Waals surface area contributed by atoms with Gasteiger partial charge in [-0.3, -0.25) is 4.99 Å². The maximum absolute atomic E-state index is 5.81. The first-order chi connectivity index (χ1) is 14.3. The Balaban J connectivity index is 0.00000320. The number of nitrogens with one attached hydrogen (secondary N) is 2. The minimum absolute atomic E-state index is 0. The van der Waals surface area contributed by atoms with Gasteiger partial charge in [-0.05, 0) is 44.7 Å². The smallest absolute Gasteiger partial charge is 0.191 e. The van der Waals surface area contributed by atoms with Gasteiger partial charge in [-0.2, -0.15) is 0 Å². The fourth-order valence-corrected chi connectivity index (χ4v) is 4.33. The van der Waals surface area contributed by atoms with Crippen LogP contribution in [0.5, 0.6) is 11.5 Å². The van der Waals surface area contributed by atoms with E-state index in [1.165, 1.54) is 51.6 Å². The van der Waals surface area contributed by atoms with E-state index in [1.54, 1.807) is 7.11 Å². The summed E-state index contributed by atoms with van der Waals surface area (Å²) in [6.45, 7) is 6.83. The molecule has 0 aromatic heterocycles. The van der Waals surface area contributed by atoms with Gasteiger partial charge >= 0.3 is 0 Å². The Morgan fingerprint density at radius 3 is 2.57 bits per heavy atom. The van der Waals surface area contributed by atoms with Gasteiger partial charge in [0.25, 0.3) is 0 Å². The molecule has 6 nitrogen and oxygen atoms in total. The maximum atomic E-state index is 5.81. The van der Waals surface area contributed by atoms with Crippen molar-refractivity contribution in [2.45, 2.75) is 64.0 Å². The summed E-state index contributed by atoms with van der Waals surface area (Å²) in [6.07, 6.45) is 8.94. The van der Waals surface area contributed by atoms with Gasteiger partial charge in [0.2, 0.25) is 0 Å². The molecule has 2 fully saturated rings. The van der Waals surface area contributed by atoms with Crippen molar-refractivity contribution in [3.05, 3.63) is 24.3 Å². The SMILES string of the molecule is CCNC(=NCCCOc1cccc(OC)c1)NC1CCN(C2CCCC2)CC1.I. The molecule has 1 saturated carbocycles. The van der Waals surface area contributed by atoms with Crippen molar-refractivity contribution in [2.24, 2.45) is 4.99 Å². The maximum Gasteiger partial charge on any atom is 0.191 e. The Bertz CT molecular complexity index is 629. The summed E-state index contributed by atoms with van der Waals surface area (Å²) < 4.78 is 11.0. The molecule has 1 aliphatic heterocycles. The Kier molecular flexibility index (Phi) is 11.7. The van der Waals surface area contributed by atoms with Crippen LogP contribution in [-0.4, -0.2) is 62.8 Å². The van der Waals surface area contributed by atoms with Crippen molar-refractivity contribution in [3.8, 4) is 11.5 Å². The highest BCUT2D eigenvalue weighted by molar-refractivity contribution is 14.0. The first-order valence-electron chi connectivity index (χ1n) is 11.3. The molecule has 3 rings (SSSR count). The molecule has 170 valence electrons. The number of benzene rings is 1. The van der Waals surface area contributed by atoms with E-state index in [-0.39, 0.29) is 24.0 Å². The average molecular weight is 530 g/mol. The largest absolute Gasteiger partial charge is 0.497 e. The van der Waals surface area contributed by atoms with E-state index in [1.807, 2.05) is 24.3 Å². The molecule has 2 aliphatic rings. The van der Waals surface area contributed by atoms with Crippen molar-refractivity contribution >= 4 is 29.9 Å². The van der Waals surface area contributed by atoms with Gasteiger partial charge in [-0.25, -0.2) is 0 Å². The van der Waals surface area contributed by atoms with Gasteiger partial charge in [-0.15, -0.1) is 24.0 Å². The van der Waals surface area contributed by atoms with Crippen molar-refractivity contribution in [1.82, 2.24) is 15.5 Å². The third-order valence-corrected chi connectivity index (χ3v) is 5.94. The molecule has 1 heterocycles. The van der Waals surface area contributed by atoms with Crippen LogP contribution < -0.4 is 20.1 Å². The van der Waals surface area contributed by atoms with Crippen LogP contribution in [0.4, 0.5) is 0 Å². The predicted octanol–water partition coefficient (Wildman–Crippen LogP) is 4.04. The van der Waals surface area contributed by atoms with E-state index >= 15 is 0 Å². The molecular weight excluding hydrogens is 491 g/mol. The van der Waals surface area contributed by atoms with Crippen LogP contribution in [0, 0.1) is 0 Å². The summed E-state index contributed by atoms with van der Waals surface area (Å²) in [6, 6.07) is 9.10. The zero-order valence-corrected chi connectivity index (χ0v) is 20.9. The van der Waals surface area contributed by atoms with Gasteiger partial charge in [-0.1, -0.05) is 18.9 Å². The second-order valence-corrected chi connectivity index (χ2v) is 8.03. The van der Waals surface area contributed by atoms with Crippen LogP contribution in [0.2, 0.25) is 0 Å². The lowest BCUT2D eigenvalue weighted by Gasteiger charge is -2.36. The minimum atomic E-state index is 0. The highest BCUT2D eigenvalue weighted by Crippen LogP contribution is 2.26. The van der Waals surface area contributed by atoms with Gasteiger partial charge in [0.1, 0.15) is 11.5 Å². The van der Waals surface area contributed by atoms with Gasteiger partial charge in [0.05, 0.1) is 13.7 Å². The monoisotopic (exact) mass is 530 g/mol. The molecule has 7 heteroatoms. The van der Waals surface area contributed by atoms with Crippen LogP contribution >= 0.6 is 24.0 Å². The molecule has 1 aromatic carbocycles. The lowest BCUT2D eigenvalue weighted by Crippen LogP contribution is -2.50. The van der Waals surface area contributed by atoms with Crippen molar-refractivity contribution in [3.63, 3.8) is 0 Å². The Morgan fingerprint density at radius 1 is 1.13 bits per heavy atom. The standard InChI is InChI=1S/C23H38N4O2.HI/c1-3-24-23(25-14-7-17-29-22-11-6-10-21(18-22)28-2)26-19-12-15-27(16-13-19)20-8-4-5-9-20;/h6,10-11,18-20H,3-5,7-9,12-17H2,1-2H3,(H2,24,25,26);1H. The lowest BCUT2D eigenvalue weighted by molar-refractivity contribution is 0.150. The fraction of sp³-hybridized carbons (Fsp3) is 0.696. The average Bonchev–Trinajstić information content (AvgIpc) is 3.29. The zero-order valence-electron chi connectivity index (χ0n) is 18.6. The molecule has 1 saturated heterocycles. The summed E-state index contributed by atoms with van der Waals surface area (Å²) >= 11 is 0. The third-order valence-electron chi connectivity index (χ3n) is 5.94. The van der Waals surface area contributed by atoms with Crippen molar-refractivity contribution in [1.29, 1.82) is 0 Å². The van der Waals surface area contributed by atoms with Crippen molar-refractivity contribution < 1.29 is 9.47 Å². The summed E-state index contributed by atoms with van der Waals surface area (Å²) in [4.78, 5) is 7.46. The first kappa shape index (κ1) is 25.0. The first-order valence-corrected chi connectivity index (χ1v) is 11.3. The highest BCUT2D eigenvalue weighted by atomic mass is 127. The number of guanidine groups is 1. The number of hydrogen-bond donors (Lipinski definition) is 2. The minimum Gasteiger partial charge on any atom is -0.497 e. The fourth-order valence-electron chi connectivity index (χ4n) is 4.33. The molecule has 1 aliphatic carbocycles. The van der Waals surface area contributed by atoms with Crippen LogP contribution in [0.15, 0.2) is 29.3 Å². The van der Waals surface area contributed by atoms with Crippen LogP contribution in [0.25, 0.3) is 0 Å². The summed E-state index contributed by atoms with van der Waals surface area (Å²) in [5.41, 5.74) is 0. The van der Waals surface area contributed by atoms with Crippen LogP contribution in [0.3, 0.4) is 0 Å². The van der Waals surface area contributed by atoms with E-state index in [0.717, 1.165) is 43.0 Å². The molecule has 0 amide bonds. The van der Waals surface area contributed by atoms with E-state index in [9.17, 15) is 0 Å². The number of piperidine rings is 1. The Morgan fingerprint density at radius 2 is 1.87 bits per heavy atom. The Labute approximate surface area is 199 Å². The van der Waals surface area contributed by atoms with E-state index in [2.05, 4.69) is 22.5 Å². The molecular formula is C23H39IN4O2. The molecule has 0 atom stereocenters. The number of hydrogen-bond acceptors (Lipinski definition) is 4. The van der Waals surface area contributed by atoms with E-state index in [0.29, 0.717) is 12.6 Å². The highest BCUT2D eigenvalue weighted by Gasteiger charge is 2.27. The zero-order chi connectivity index (χ0) is 20.3. The lowest BCUT2D eigenvalue weighted by atomic mass is 10.0. The number of nitrogens with zero attached hydrogens (tertiary/aromatic N) is 2. The topological polar surface area (TPSA) is 58.1 Å². The Hall–Kier alpha value is -1.22. The second kappa shape index (κ2) is 14.0. The number of halogens is 1. The second-order valence-electron chi connectivity index (χ2n) is 8.03. The van der Waals surface area contributed by atoms with Crippen molar-refractivity contribution in [2.75, 3.05) is 39.9 Å². The molecule has 0 bridgehead atoms. The van der Waals surface area contributed by atoms with Gasteiger partial charge in [0, 0.05) is 50.7 Å². The summed E-state index contributed by atoms with van der Waals surface area (Å²) in [5.74, 6) is 2.60. The predicted molar refractivity (Wildman–Crippen MR) is 134 cm³/mol. The molecule has 0 radical (unpaired) electrons. The number of likely N-dealkylation sites (tertiary alicyclic amines) is 1. The van der Waals surface area contributed by atoms with Crippen LogP contribution in [-0.2, 0) is 0 Å². The van der Waals surface area contributed by atoms with E-state index < -0.39 is 0 Å². The summed E-state index contributed by atoms with van der Waals surface area (Å²) in [7, 11) is 1.67. The van der Waals surface area contributed by atoms with Gasteiger partial charge in [0.15, 0.2) is 5.96 Å². The quantitative estimate of drug-likeness (QED) is 0.219. The number of rotatable bonds is 9. The summed E-state index contributed by atoms with van der Waals surface area (Å²) in [5, 5.41) is 7.03. The number of ether oxygens (including phenoxy) is 2. The normalized spacial score (nSPS) is 18.7. The molecule has 0 unspecified atom stereocenters. The number of methoxy groups -OCH3 is 1. The molecule has 30 heavy (non-hydrogen) atoms. The van der Waals surface area contributed by atoms with Gasteiger partial charge < -0.3 is 25.0 Å².